The molecule has 0 saturated carbocycles. The second-order valence-corrected chi connectivity index (χ2v) is 7.20. The summed E-state index contributed by atoms with van der Waals surface area (Å²) in [6.07, 6.45) is -0.463. The standard InChI is InChI=1S/C18H36F3N5O/c1-22-17(24-9-13-25(2)10-4-14-27-3)23-8-5-16-6-11-26(12-7-16)15-18(19,20)21/h16H,4-15H2,1-3H3,(H2,22,23,24). The van der Waals surface area contributed by atoms with Gasteiger partial charge in [0.2, 0.25) is 0 Å². The predicted octanol–water partition coefficient (Wildman–Crippen LogP) is 1.78. The van der Waals surface area contributed by atoms with E-state index in [0.29, 0.717) is 19.0 Å². The van der Waals surface area contributed by atoms with Crippen LogP contribution in [0.4, 0.5) is 13.2 Å². The first-order valence-corrected chi connectivity index (χ1v) is 9.75. The highest BCUT2D eigenvalue weighted by Gasteiger charge is 2.32. The first kappa shape index (κ1) is 24.0. The monoisotopic (exact) mass is 395 g/mol. The third-order valence-electron chi connectivity index (χ3n) is 4.85. The quantitative estimate of drug-likeness (QED) is 0.317. The Bertz CT molecular complexity index is 412. The molecule has 1 fully saturated rings. The van der Waals surface area contributed by atoms with E-state index in [2.05, 4.69) is 27.6 Å². The van der Waals surface area contributed by atoms with Gasteiger partial charge in [0.25, 0.3) is 0 Å². The van der Waals surface area contributed by atoms with Crippen molar-refractivity contribution in [2.75, 3.05) is 73.6 Å². The normalized spacial score (nSPS) is 17.5. The molecule has 1 aliphatic heterocycles. The molecule has 2 N–H and O–H groups in total. The minimum Gasteiger partial charge on any atom is -0.385 e. The Balaban J connectivity index is 2.11. The average Bonchev–Trinajstić information content (AvgIpc) is 2.61. The summed E-state index contributed by atoms with van der Waals surface area (Å²) in [6.45, 7) is 4.56. The van der Waals surface area contributed by atoms with Gasteiger partial charge >= 0.3 is 6.18 Å². The second kappa shape index (κ2) is 13.2. The number of hydrogen-bond acceptors (Lipinski definition) is 4. The Morgan fingerprint density at radius 1 is 1.19 bits per heavy atom. The lowest BCUT2D eigenvalue weighted by Crippen LogP contribution is -2.43. The summed E-state index contributed by atoms with van der Waals surface area (Å²) in [5.41, 5.74) is 0. The molecule has 0 spiro atoms. The molecular formula is C18H36F3N5O. The molecule has 0 radical (unpaired) electrons. The summed E-state index contributed by atoms with van der Waals surface area (Å²) in [5, 5.41) is 6.59. The minimum atomic E-state index is -4.09. The van der Waals surface area contributed by atoms with Crippen molar-refractivity contribution in [2.45, 2.75) is 31.9 Å². The van der Waals surface area contributed by atoms with Crippen LogP contribution >= 0.6 is 0 Å². The van der Waals surface area contributed by atoms with E-state index >= 15 is 0 Å². The van der Waals surface area contributed by atoms with Crippen molar-refractivity contribution >= 4 is 5.96 Å². The zero-order valence-electron chi connectivity index (χ0n) is 16.9. The maximum absolute atomic E-state index is 12.4. The molecule has 160 valence electrons. The van der Waals surface area contributed by atoms with Gasteiger partial charge in [-0.3, -0.25) is 9.89 Å². The van der Waals surface area contributed by atoms with Crippen molar-refractivity contribution in [2.24, 2.45) is 10.9 Å². The topological polar surface area (TPSA) is 52.1 Å². The molecule has 0 aromatic carbocycles. The molecule has 1 rings (SSSR count). The van der Waals surface area contributed by atoms with Gasteiger partial charge < -0.3 is 20.3 Å². The van der Waals surface area contributed by atoms with Crippen LogP contribution in [0.5, 0.6) is 0 Å². The third kappa shape index (κ3) is 12.1. The zero-order chi connectivity index (χ0) is 20.1. The van der Waals surface area contributed by atoms with E-state index in [9.17, 15) is 13.2 Å². The number of ether oxygens (including phenoxy) is 1. The van der Waals surface area contributed by atoms with Crippen molar-refractivity contribution in [3.63, 3.8) is 0 Å². The van der Waals surface area contributed by atoms with Crippen molar-refractivity contribution in [1.82, 2.24) is 20.4 Å². The highest BCUT2D eigenvalue weighted by molar-refractivity contribution is 5.79. The number of hydrogen-bond donors (Lipinski definition) is 2. The van der Waals surface area contributed by atoms with Gasteiger partial charge in [0, 0.05) is 46.9 Å². The fourth-order valence-electron chi connectivity index (χ4n) is 3.26. The van der Waals surface area contributed by atoms with Crippen LogP contribution in [0.15, 0.2) is 4.99 Å². The maximum atomic E-state index is 12.4. The van der Waals surface area contributed by atoms with Crippen molar-refractivity contribution in [1.29, 1.82) is 0 Å². The summed E-state index contributed by atoms with van der Waals surface area (Å²) in [4.78, 5) is 7.97. The van der Waals surface area contributed by atoms with Crippen LogP contribution in [0.25, 0.3) is 0 Å². The van der Waals surface area contributed by atoms with Gasteiger partial charge in [-0.05, 0) is 51.7 Å². The number of alkyl halides is 3. The lowest BCUT2D eigenvalue weighted by molar-refractivity contribution is -0.148. The van der Waals surface area contributed by atoms with E-state index in [4.69, 9.17) is 4.74 Å². The summed E-state index contributed by atoms with van der Waals surface area (Å²) < 4.78 is 42.3. The first-order valence-electron chi connectivity index (χ1n) is 9.75. The molecule has 1 aliphatic rings. The van der Waals surface area contributed by atoms with E-state index < -0.39 is 12.7 Å². The summed E-state index contributed by atoms with van der Waals surface area (Å²) >= 11 is 0. The van der Waals surface area contributed by atoms with E-state index in [0.717, 1.165) is 64.4 Å². The number of nitrogens with one attached hydrogen (secondary N) is 2. The smallest absolute Gasteiger partial charge is 0.385 e. The highest BCUT2D eigenvalue weighted by atomic mass is 19.4. The number of nitrogens with zero attached hydrogens (tertiary/aromatic N) is 3. The summed E-state index contributed by atoms with van der Waals surface area (Å²) in [5.74, 6) is 1.25. The number of guanidine groups is 1. The van der Waals surface area contributed by atoms with Crippen LogP contribution in [0.3, 0.4) is 0 Å². The molecular weight excluding hydrogens is 359 g/mol. The fourth-order valence-corrected chi connectivity index (χ4v) is 3.26. The van der Waals surface area contributed by atoms with E-state index in [1.165, 1.54) is 4.90 Å². The van der Waals surface area contributed by atoms with E-state index in [-0.39, 0.29) is 0 Å². The van der Waals surface area contributed by atoms with Crippen LogP contribution in [0.2, 0.25) is 0 Å². The van der Waals surface area contributed by atoms with Crippen LogP contribution in [-0.2, 0) is 4.74 Å². The molecule has 0 unspecified atom stereocenters. The predicted molar refractivity (Wildman–Crippen MR) is 103 cm³/mol. The summed E-state index contributed by atoms with van der Waals surface area (Å²) in [7, 11) is 5.54. The largest absolute Gasteiger partial charge is 0.401 e. The summed E-state index contributed by atoms with van der Waals surface area (Å²) in [6, 6.07) is 0. The molecule has 1 heterocycles. The third-order valence-corrected chi connectivity index (χ3v) is 4.85. The number of rotatable bonds is 11. The maximum Gasteiger partial charge on any atom is 0.401 e. The van der Waals surface area contributed by atoms with E-state index in [1.54, 1.807) is 14.2 Å². The molecule has 6 nitrogen and oxygen atoms in total. The lowest BCUT2D eigenvalue weighted by atomic mass is 9.93. The minimum absolute atomic E-state index is 0.479. The number of likely N-dealkylation sites (N-methyl/N-ethyl adjacent to an activating group) is 1. The van der Waals surface area contributed by atoms with Gasteiger partial charge in [-0.2, -0.15) is 13.2 Å². The van der Waals surface area contributed by atoms with Crippen LogP contribution in [0.1, 0.15) is 25.7 Å². The van der Waals surface area contributed by atoms with Crippen molar-refractivity contribution in [3.05, 3.63) is 0 Å². The molecule has 0 bridgehead atoms. The second-order valence-electron chi connectivity index (χ2n) is 7.20. The van der Waals surface area contributed by atoms with Crippen molar-refractivity contribution in [3.8, 4) is 0 Å². The van der Waals surface area contributed by atoms with Crippen LogP contribution in [0, 0.1) is 5.92 Å². The van der Waals surface area contributed by atoms with Gasteiger partial charge in [-0.1, -0.05) is 0 Å². The number of piperidine rings is 1. The molecule has 0 aliphatic carbocycles. The van der Waals surface area contributed by atoms with Crippen LogP contribution in [-0.4, -0.2) is 95.6 Å². The number of halogens is 3. The number of methoxy groups -OCH3 is 1. The zero-order valence-corrected chi connectivity index (χ0v) is 16.9. The number of aliphatic imine (C=N–C) groups is 1. The Kier molecular flexibility index (Phi) is 11.7. The molecule has 27 heavy (non-hydrogen) atoms. The molecule has 1 saturated heterocycles. The lowest BCUT2D eigenvalue weighted by Gasteiger charge is -2.32. The number of likely N-dealkylation sites (tertiary alicyclic amines) is 1. The molecule has 0 amide bonds. The van der Waals surface area contributed by atoms with Gasteiger partial charge in [0.1, 0.15) is 0 Å². The Labute approximate surface area is 161 Å². The Hall–Kier alpha value is -1.06. The van der Waals surface area contributed by atoms with E-state index in [1.807, 2.05) is 0 Å². The molecule has 9 heteroatoms. The molecule has 0 aromatic rings. The van der Waals surface area contributed by atoms with Gasteiger partial charge in [-0.15, -0.1) is 0 Å². The van der Waals surface area contributed by atoms with Crippen molar-refractivity contribution < 1.29 is 17.9 Å². The van der Waals surface area contributed by atoms with Gasteiger partial charge in [0.05, 0.1) is 6.54 Å². The average molecular weight is 396 g/mol. The first-order chi connectivity index (χ1) is 12.8. The molecule has 0 atom stereocenters. The highest BCUT2D eigenvalue weighted by Crippen LogP contribution is 2.23. The van der Waals surface area contributed by atoms with Gasteiger partial charge in [0.15, 0.2) is 5.96 Å². The SMILES string of the molecule is CN=C(NCCC1CCN(CC(F)(F)F)CC1)NCCN(C)CCCOC. The van der Waals surface area contributed by atoms with Gasteiger partial charge in [-0.25, -0.2) is 0 Å². The van der Waals surface area contributed by atoms with Crippen LogP contribution < -0.4 is 10.6 Å². The molecule has 0 aromatic heterocycles. The Morgan fingerprint density at radius 2 is 1.85 bits per heavy atom. The fraction of sp³-hybridized carbons (Fsp3) is 0.944. The Morgan fingerprint density at radius 3 is 2.44 bits per heavy atom.